The van der Waals surface area contributed by atoms with Gasteiger partial charge in [0.2, 0.25) is 0 Å². The molecule has 124 valence electrons. The molecular formula is C20H20O2S2. The van der Waals surface area contributed by atoms with E-state index in [0.29, 0.717) is 0 Å². The fourth-order valence-electron chi connectivity index (χ4n) is 3.37. The zero-order valence-electron chi connectivity index (χ0n) is 13.8. The maximum Gasteiger partial charge on any atom is 0.130 e. The molecule has 24 heavy (non-hydrogen) atoms. The number of thiophene rings is 1. The number of hydrogen-bond acceptors (Lipinski definition) is 4. The summed E-state index contributed by atoms with van der Waals surface area (Å²) in [4.78, 5) is 2.53. The first kappa shape index (κ1) is 16.2. The van der Waals surface area contributed by atoms with Crippen LogP contribution in [0.1, 0.15) is 18.2 Å². The van der Waals surface area contributed by atoms with E-state index in [1.807, 2.05) is 23.1 Å². The SMILES string of the molecule is COC1(c2ccc(Sc3ccc4ccccc4c3)s2)CCOC1C. The minimum atomic E-state index is -0.285. The highest BCUT2D eigenvalue weighted by atomic mass is 32.2. The largest absolute Gasteiger partial charge is 0.375 e. The summed E-state index contributed by atoms with van der Waals surface area (Å²) in [5.41, 5.74) is -0.285. The van der Waals surface area contributed by atoms with Gasteiger partial charge in [-0.1, -0.05) is 42.1 Å². The average molecular weight is 357 g/mol. The number of benzene rings is 2. The van der Waals surface area contributed by atoms with Crippen LogP contribution in [0.25, 0.3) is 10.8 Å². The van der Waals surface area contributed by atoms with Crippen LogP contribution >= 0.6 is 23.1 Å². The number of rotatable bonds is 4. The van der Waals surface area contributed by atoms with E-state index in [4.69, 9.17) is 9.47 Å². The van der Waals surface area contributed by atoms with Gasteiger partial charge in [-0.15, -0.1) is 11.3 Å². The van der Waals surface area contributed by atoms with Crippen LogP contribution in [0, 0.1) is 0 Å². The molecule has 2 aromatic carbocycles. The quantitative estimate of drug-likeness (QED) is 0.597. The Morgan fingerprint density at radius 3 is 2.71 bits per heavy atom. The van der Waals surface area contributed by atoms with Crippen molar-refractivity contribution in [2.45, 2.75) is 34.2 Å². The van der Waals surface area contributed by atoms with Crippen molar-refractivity contribution in [3.05, 3.63) is 59.5 Å². The molecule has 0 radical (unpaired) electrons. The smallest absolute Gasteiger partial charge is 0.130 e. The Balaban J connectivity index is 1.60. The van der Waals surface area contributed by atoms with Crippen molar-refractivity contribution in [3.63, 3.8) is 0 Å². The third-order valence-corrected chi connectivity index (χ3v) is 7.17. The van der Waals surface area contributed by atoms with Crippen LogP contribution in [0.2, 0.25) is 0 Å². The molecule has 0 spiro atoms. The van der Waals surface area contributed by atoms with Crippen LogP contribution in [-0.2, 0) is 15.1 Å². The fourth-order valence-corrected chi connectivity index (χ4v) is 5.79. The summed E-state index contributed by atoms with van der Waals surface area (Å²) in [7, 11) is 1.79. The maximum atomic E-state index is 5.89. The van der Waals surface area contributed by atoms with Gasteiger partial charge >= 0.3 is 0 Å². The van der Waals surface area contributed by atoms with Gasteiger partial charge in [0.05, 0.1) is 16.9 Å². The van der Waals surface area contributed by atoms with E-state index in [1.165, 1.54) is 24.8 Å². The van der Waals surface area contributed by atoms with Crippen LogP contribution in [0.4, 0.5) is 0 Å². The van der Waals surface area contributed by atoms with Gasteiger partial charge in [-0.25, -0.2) is 0 Å². The molecule has 0 amide bonds. The molecule has 1 aliphatic heterocycles. The summed E-state index contributed by atoms with van der Waals surface area (Å²) in [5.74, 6) is 0. The molecule has 2 atom stereocenters. The van der Waals surface area contributed by atoms with Crippen LogP contribution in [0.5, 0.6) is 0 Å². The molecule has 4 rings (SSSR count). The minimum absolute atomic E-state index is 0.0969. The van der Waals surface area contributed by atoms with Gasteiger partial charge in [-0.05, 0) is 42.0 Å². The molecule has 1 saturated heterocycles. The summed E-state index contributed by atoms with van der Waals surface area (Å²) < 4.78 is 12.9. The predicted octanol–water partition coefficient (Wildman–Crippen LogP) is 5.70. The van der Waals surface area contributed by atoms with Gasteiger partial charge < -0.3 is 9.47 Å². The third-order valence-electron chi connectivity index (χ3n) is 4.80. The monoisotopic (exact) mass is 356 g/mol. The highest BCUT2D eigenvalue weighted by molar-refractivity contribution is 8.01. The van der Waals surface area contributed by atoms with Gasteiger partial charge in [0.25, 0.3) is 0 Å². The summed E-state index contributed by atoms with van der Waals surface area (Å²) in [6, 6.07) is 19.5. The molecule has 2 nitrogen and oxygen atoms in total. The molecule has 1 aromatic heterocycles. The van der Waals surface area contributed by atoms with Crippen LogP contribution < -0.4 is 0 Å². The molecule has 1 fully saturated rings. The molecular weight excluding hydrogens is 336 g/mol. The van der Waals surface area contributed by atoms with E-state index in [2.05, 4.69) is 61.5 Å². The highest BCUT2D eigenvalue weighted by Gasteiger charge is 2.44. The van der Waals surface area contributed by atoms with Crippen molar-refractivity contribution < 1.29 is 9.47 Å². The minimum Gasteiger partial charge on any atom is -0.375 e. The van der Waals surface area contributed by atoms with Gasteiger partial charge in [-0.2, -0.15) is 0 Å². The summed E-state index contributed by atoms with van der Waals surface area (Å²) in [5, 5.41) is 2.56. The lowest BCUT2D eigenvalue weighted by Gasteiger charge is -2.29. The lowest BCUT2D eigenvalue weighted by molar-refractivity contribution is -0.0622. The topological polar surface area (TPSA) is 18.5 Å². The molecule has 2 heterocycles. The predicted molar refractivity (Wildman–Crippen MR) is 101 cm³/mol. The van der Waals surface area contributed by atoms with E-state index in [1.54, 1.807) is 7.11 Å². The van der Waals surface area contributed by atoms with Crippen molar-refractivity contribution >= 4 is 33.9 Å². The molecule has 1 aliphatic rings. The lowest BCUT2D eigenvalue weighted by atomic mass is 9.94. The van der Waals surface area contributed by atoms with Gasteiger partial charge in [-0.3, -0.25) is 0 Å². The number of methoxy groups -OCH3 is 1. The van der Waals surface area contributed by atoms with E-state index < -0.39 is 0 Å². The normalized spacial score (nSPS) is 23.8. The van der Waals surface area contributed by atoms with E-state index in [9.17, 15) is 0 Å². The van der Waals surface area contributed by atoms with Gasteiger partial charge in [0.15, 0.2) is 0 Å². The van der Waals surface area contributed by atoms with Crippen molar-refractivity contribution in [2.24, 2.45) is 0 Å². The zero-order chi connectivity index (χ0) is 16.6. The molecule has 3 aromatic rings. The average Bonchev–Trinajstić information content (AvgIpc) is 3.22. The third kappa shape index (κ3) is 2.78. The van der Waals surface area contributed by atoms with Crippen LogP contribution in [-0.4, -0.2) is 19.8 Å². The summed E-state index contributed by atoms with van der Waals surface area (Å²) >= 11 is 3.63. The standard InChI is InChI=1S/C20H20O2S2/c1-14-20(21-2,11-12-22-14)18-9-10-19(24-18)23-17-8-7-15-5-3-4-6-16(15)13-17/h3-10,13-14H,11-12H2,1-2H3. The second kappa shape index (κ2) is 6.52. The van der Waals surface area contributed by atoms with Gasteiger partial charge in [0.1, 0.15) is 5.60 Å². The zero-order valence-corrected chi connectivity index (χ0v) is 15.5. The Morgan fingerprint density at radius 1 is 1.12 bits per heavy atom. The van der Waals surface area contributed by atoms with Crippen molar-refractivity contribution in [2.75, 3.05) is 13.7 Å². The molecule has 2 unspecified atom stereocenters. The molecule has 4 heteroatoms. The number of fused-ring (bicyclic) bond motifs is 1. The van der Waals surface area contributed by atoms with Crippen LogP contribution in [0.15, 0.2) is 63.7 Å². The van der Waals surface area contributed by atoms with Crippen molar-refractivity contribution in [3.8, 4) is 0 Å². The fraction of sp³-hybridized carbons (Fsp3) is 0.300. The first-order chi connectivity index (χ1) is 11.7. The first-order valence-electron chi connectivity index (χ1n) is 8.15. The first-order valence-corrected chi connectivity index (χ1v) is 9.78. The number of ether oxygens (including phenoxy) is 2. The van der Waals surface area contributed by atoms with Crippen molar-refractivity contribution in [1.29, 1.82) is 0 Å². The molecule has 0 N–H and O–H groups in total. The Labute approximate surface area is 150 Å². The lowest BCUT2D eigenvalue weighted by Crippen LogP contribution is -2.34. The Morgan fingerprint density at radius 2 is 1.96 bits per heavy atom. The molecule has 0 aliphatic carbocycles. The van der Waals surface area contributed by atoms with Crippen LogP contribution in [0.3, 0.4) is 0 Å². The van der Waals surface area contributed by atoms with E-state index >= 15 is 0 Å². The van der Waals surface area contributed by atoms with Crippen molar-refractivity contribution in [1.82, 2.24) is 0 Å². The Hall–Kier alpha value is -1.33. The second-order valence-corrected chi connectivity index (χ2v) is 8.54. The maximum absolute atomic E-state index is 5.89. The van der Waals surface area contributed by atoms with E-state index in [0.717, 1.165) is 13.0 Å². The molecule has 0 bridgehead atoms. The molecule has 0 saturated carbocycles. The van der Waals surface area contributed by atoms with E-state index in [-0.39, 0.29) is 11.7 Å². The Bertz CT molecular complexity index is 857. The highest BCUT2D eigenvalue weighted by Crippen LogP contribution is 2.45. The second-order valence-electron chi connectivity index (χ2n) is 6.09. The summed E-state index contributed by atoms with van der Waals surface area (Å²) in [6.45, 7) is 2.87. The van der Waals surface area contributed by atoms with Gasteiger partial charge in [0, 0.05) is 23.3 Å². The Kier molecular flexibility index (Phi) is 4.39. The summed E-state index contributed by atoms with van der Waals surface area (Å²) in [6.07, 6.45) is 1.02. The number of hydrogen-bond donors (Lipinski definition) is 0.